The standard InChI is InChI=1S/C22H18N2O4S/c1-13-5-4-6-16(9-13)24(14(2)25)22-23-19(12-29-22)18-11-15-10-17(27-3)7-8-20(15)28-21(18)26/h4-12H,1-3H3. The molecule has 0 aliphatic heterocycles. The number of fused-ring (bicyclic) bond motifs is 1. The summed E-state index contributed by atoms with van der Waals surface area (Å²) in [6.45, 7) is 3.45. The van der Waals surface area contributed by atoms with Crippen LogP contribution in [0.5, 0.6) is 5.75 Å². The van der Waals surface area contributed by atoms with Crippen molar-refractivity contribution in [3.05, 3.63) is 69.9 Å². The van der Waals surface area contributed by atoms with Gasteiger partial charge in [0.25, 0.3) is 0 Å². The summed E-state index contributed by atoms with van der Waals surface area (Å²) < 4.78 is 10.7. The normalized spacial score (nSPS) is 10.9. The van der Waals surface area contributed by atoms with E-state index in [1.165, 1.54) is 23.2 Å². The average molecular weight is 406 g/mol. The lowest BCUT2D eigenvalue weighted by atomic mass is 10.1. The third-order valence-electron chi connectivity index (χ3n) is 4.47. The van der Waals surface area contributed by atoms with Crippen LogP contribution in [0.2, 0.25) is 0 Å². The molecule has 0 radical (unpaired) electrons. The number of hydrogen-bond donors (Lipinski definition) is 0. The Morgan fingerprint density at radius 2 is 2.00 bits per heavy atom. The fraction of sp³-hybridized carbons (Fsp3) is 0.136. The number of thiazole rings is 1. The van der Waals surface area contributed by atoms with E-state index in [4.69, 9.17) is 9.15 Å². The molecule has 0 saturated heterocycles. The molecule has 2 aromatic heterocycles. The van der Waals surface area contributed by atoms with E-state index in [0.717, 1.165) is 16.6 Å². The molecule has 2 heterocycles. The SMILES string of the molecule is COc1ccc2oc(=O)c(-c3csc(N(C(C)=O)c4cccc(C)c4)n3)cc2c1. The number of hydrogen-bond acceptors (Lipinski definition) is 6. The van der Waals surface area contributed by atoms with Crippen LogP contribution in [-0.2, 0) is 4.79 Å². The summed E-state index contributed by atoms with van der Waals surface area (Å²) in [6, 6.07) is 14.6. The van der Waals surface area contributed by atoms with Gasteiger partial charge in [0.1, 0.15) is 11.3 Å². The molecule has 0 N–H and O–H groups in total. The number of aryl methyl sites for hydroxylation is 1. The zero-order valence-electron chi connectivity index (χ0n) is 16.1. The highest BCUT2D eigenvalue weighted by atomic mass is 32.1. The molecule has 0 bridgehead atoms. The Bertz CT molecular complexity index is 1280. The van der Waals surface area contributed by atoms with Crippen molar-refractivity contribution in [3.63, 3.8) is 0 Å². The molecule has 0 fully saturated rings. The molecule has 4 rings (SSSR count). The second-order valence-electron chi connectivity index (χ2n) is 6.56. The van der Waals surface area contributed by atoms with Crippen molar-refractivity contribution in [1.29, 1.82) is 0 Å². The fourth-order valence-electron chi connectivity index (χ4n) is 3.09. The van der Waals surface area contributed by atoms with Gasteiger partial charge >= 0.3 is 5.63 Å². The monoisotopic (exact) mass is 406 g/mol. The van der Waals surface area contributed by atoms with E-state index >= 15 is 0 Å². The Balaban J connectivity index is 1.79. The summed E-state index contributed by atoms with van der Waals surface area (Å²) in [7, 11) is 1.58. The van der Waals surface area contributed by atoms with E-state index in [0.29, 0.717) is 27.7 Å². The highest BCUT2D eigenvalue weighted by Gasteiger charge is 2.20. The molecule has 0 aliphatic carbocycles. The first-order valence-corrected chi connectivity index (χ1v) is 9.79. The number of ether oxygens (including phenoxy) is 1. The Morgan fingerprint density at radius 3 is 2.72 bits per heavy atom. The van der Waals surface area contributed by atoms with Gasteiger partial charge in [0, 0.05) is 17.7 Å². The second kappa shape index (κ2) is 7.52. The van der Waals surface area contributed by atoms with Crippen LogP contribution in [0, 0.1) is 6.92 Å². The van der Waals surface area contributed by atoms with Crippen molar-refractivity contribution in [3.8, 4) is 17.0 Å². The number of anilines is 2. The quantitative estimate of drug-likeness (QED) is 0.450. The van der Waals surface area contributed by atoms with Crippen LogP contribution < -0.4 is 15.3 Å². The molecule has 146 valence electrons. The number of nitrogens with zero attached hydrogens (tertiary/aromatic N) is 2. The zero-order chi connectivity index (χ0) is 20.5. The minimum absolute atomic E-state index is 0.160. The number of benzene rings is 2. The van der Waals surface area contributed by atoms with E-state index < -0.39 is 5.63 Å². The van der Waals surface area contributed by atoms with Gasteiger partial charge in [-0.1, -0.05) is 12.1 Å². The van der Waals surface area contributed by atoms with Crippen molar-refractivity contribution in [1.82, 2.24) is 4.98 Å². The molecule has 2 aromatic carbocycles. The molecule has 0 spiro atoms. The van der Waals surface area contributed by atoms with Crippen molar-refractivity contribution in [2.24, 2.45) is 0 Å². The number of carbonyl (C=O) groups is 1. The Morgan fingerprint density at radius 1 is 1.17 bits per heavy atom. The van der Waals surface area contributed by atoms with E-state index in [1.54, 1.807) is 36.8 Å². The molecular formula is C22H18N2O4S. The summed E-state index contributed by atoms with van der Waals surface area (Å²) >= 11 is 1.29. The van der Waals surface area contributed by atoms with Crippen molar-refractivity contribution in [2.45, 2.75) is 13.8 Å². The summed E-state index contributed by atoms with van der Waals surface area (Å²) in [5.74, 6) is 0.505. The Kier molecular flexibility index (Phi) is 4.90. The highest BCUT2D eigenvalue weighted by Crippen LogP contribution is 2.33. The second-order valence-corrected chi connectivity index (χ2v) is 7.40. The lowest BCUT2D eigenvalue weighted by Crippen LogP contribution is -2.22. The van der Waals surface area contributed by atoms with Gasteiger partial charge in [0.15, 0.2) is 5.13 Å². The zero-order valence-corrected chi connectivity index (χ0v) is 16.9. The summed E-state index contributed by atoms with van der Waals surface area (Å²) in [4.78, 5) is 30.9. The molecule has 1 amide bonds. The summed E-state index contributed by atoms with van der Waals surface area (Å²) in [6.07, 6.45) is 0. The third kappa shape index (κ3) is 3.64. The van der Waals surface area contributed by atoms with Crippen LogP contribution >= 0.6 is 11.3 Å². The maximum Gasteiger partial charge on any atom is 0.345 e. The van der Waals surface area contributed by atoms with Crippen molar-refractivity contribution in [2.75, 3.05) is 12.0 Å². The molecule has 0 aliphatic rings. The summed E-state index contributed by atoms with van der Waals surface area (Å²) in [5.41, 5.74) is 2.55. The van der Waals surface area contributed by atoms with Crippen LogP contribution in [0.4, 0.5) is 10.8 Å². The molecule has 0 unspecified atom stereocenters. The van der Waals surface area contributed by atoms with Gasteiger partial charge in [-0.25, -0.2) is 9.78 Å². The average Bonchev–Trinajstić information content (AvgIpc) is 3.16. The van der Waals surface area contributed by atoms with E-state index in [1.807, 2.05) is 31.2 Å². The first kappa shape index (κ1) is 18.9. The molecule has 0 atom stereocenters. The highest BCUT2D eigenvalue weighted by molar-refractivity contribution is 7.14. The van der Waals surface area contributed by atoms with Crippen LogP contribution in [-0.4, -0.2) is 18.0 Å². The fourth-order valence-corrected chi connectivity index (χ4v) is 3.98. The van der Waals surface area contributed by atoms with Gasteiger partial charge in [0.05, 0.1) is 24.1 Å². The maximum atomic E-state index is 12.5. The summed E-state index contributed by atoms with van der Waals surface area (Å²) in [5, 5.41) is 2.97. The Labute approximate surface area is 171 Å². The van der Waals surface area contributed by atoms with Gasteiger partial charge in [-0.15, -0.1) is 11.3 Å². The number of methoxy groups -OCH3 is 1. The van der Waals surface area contributed by atoms with Crippen LogP contribution in [0.1, 0.15) is 12.5 Å². The van der Waals surface area contributed by atoms with Crippen LogP contribution in [0.3, 0.4) is 0 Å². The lowest BCUT2D eigenvalue weighted by Gasteiger charge is -2.18. The van der Waals surface area contributed by atoms with Crippen LogP contribution in [0.25, 0.3) is 22.2 Å². The minimum atomic E-state index is -0.482. The predicted molar refractivity (Wildman–Crippen MR) is 114 cm³/mol. The molecule has 29 heavy (non-hydrogen) atoms. The molecule has 0 saturated carbocycles. The third-order valence-corrected chi connectivity index (χ3v) is 5.30. The van der Waals surface area contributed by atoms with E-state index in [9.17, 15) is 9.59 Å². The van der Waals surface area contributed by atoms with Gasteiger partial charge in [-0.3, -0.25) is 9.69 Å². The Hall–Kier alpha value is -3.45. The largest absolute Gasteiger partial charge is 0.497 e. The number of carbonyl (C=O) groups excluding carboxylic acids is 1. The molecule has 6 nitrogen and oxygen atoms in total. The molecular weight excluding hydrogens is 388 g/mol. The topological polar surface area (TPSA) is 72.6 Å². The molecule has 7 heteroatoms. The van der Waals surface area contributed by atoms with Gasteiger partial charge in [0.2, 0.25) is 5.91 Å². The van der Waals surface area contributed by atoms with Crippen molar-refractivity contribution < 1.29 is 13.9 Å². The number of amides is 1. The molecule has 4 aromatic rings. The maximum absolute atomic E-state index is 12.5. The number of rotatable bonds is 4. The lowest BCUT2D eigenvalue weighted by molar-refractivity contribution is -0.115. The van der Waals surface area contributed by atoms with E-state index in [2.05, 4.69) is 4.98 Å². The smallest absolute Gasteiger partial charge is 0.345 e. The first-order chi connectivity index (χ1) is 14.0. The number of aromatic nitrogens is 1. The minimum Gasteiger partial charge on any atom is -0.497 e. The van der Waals surface area contributed by atoms with Gasteiger partial charge in [-0.2, -0.15) is 0 Å². The van der Waals surface area contributed by atoms with Gasteiger partial charge in [-0.05, 0) is 48.9 Å². The predicted octanol–water partition coefficient (Wildman–Crippen LogP) is 4.92. The first-order valence-electron chi connectivity index (χ1n) is 8.91. The van der Waals surface area contributed by atoms with E-state index in [-0.39, 0.29) is 5.91 Å². The van der Waals surface area contributed by atoms with Crippen molar-refractivity contribution >= 4 is 39.0 Å². The van der Waals surface area contributed by atoms with Crippen LogP contribution in [0.15, 0.2) is 63.1 Å². The van der Waals surface area contributed by atoms with Gasteiger partial charge < -0.3 is 9.15 Å².